The van der Waals surface area contributed by atoms with Crippen LogP contribution in [-0.4, -0.2) is 55.1 Å². The SMILES string of the molecule is O=C(C=Cc1c[nH]c2ccccc12)NCCCCN1CCN(c2cccc(Cl)c2Cl)CC1. The Labute approximate surface area is 199 Å². The van der Waals surface area contributed by atoms with E-state index in [1.807, 2.05) is 54.7 Å². The van der Waals surface area contributed by atoms with E-state index in [1.165, 1.54) is 0 Å². The third kappa shape index (κ3) is 5.66. The number of aromatic nitrogens is 1. The van der Waals surface area contributed by atoms with E-state index in [4.69, 9.17) is 23.2 Å². The molecule has 2 aromatic carbocycles. The largest absolute Gasteiger partial charge is 0.368 e. The van der Waals surface area contributed by atoms with Crippen LogP contribution in [0, 0.1) is 0 Å². The lowest BCUT2D eigenvalue weighted by molar-refractivity contribution is -0.116. The molecule has 0 saturated carbocycles. The van der Waals surface area contributed by atoms with Crippen molar-refractivity contribution in [3.63, 3.8) is 0 Å². The van der Waals surface area contributed by atoms with E-state index < -0.39 is 0 Å². The normalized spacial score (nSPS) is 15.0. The van der Waals surface area contributed by atoms with Crippen molar-refractivity contribution in [2.45, 2.75) is 12.8 Å². The minimum atomic E-state index is -0.0534. The molecule has 7 heteroatoms. The second-order valence-electron chi connectivity index (χ2n) is 8.02. The topological polar surface area (TPSA) is 51.4 Å². The van der Waals surface area contributed by atoms with E-state index in [1.54, 1.807) is 6.08 Å². The Bertz CT molecular complexity index is 1090. The number of hydrogen-bond donors (Lipinski definition) is 2. The number of nitrogens with zero attached hydrogens (tertiary/aromatic N) is 2. The van der Waals surface area contributed by atoms with Crippen molar-refractivity contribution < 1.29 is 4.79 Å². The fraction of sp³-hybridized carbons (Fsp3) is 0.320. The minimum absolute atomic E-state index is 0.0534. The third-order valence-electron chi connectivity index (χ3n) is 5.88. The van der Waals surface area contributed by atoms with E-state index in [0.29, 0.717) is 16.6 Å². The number of para-hydroxylation sites is 1. The highest BCUT2D eigenvalue weighted by Gasteiger charge is 2.19. The third-order valence-corrected chi connectivity index (χ3v) is 6.69. The molecular formula is C25H28Cl2N4O. The van der Waals surface area contributed by atoms with Gasteiger partial charge in [0.15, 0.2) is 0 Å². The number of rotatable bonds is 8. The highest BCUT2D eigenvalue weighted by Crippen LogP contribution is 2.32. The van der Waals surface area contributed by atoms with Gasteiger partial charge < -0.3 is 15.2 Å². The van der Waals surface area contributed by atoms with E-state index in [9.17, 15) is 4.79 Å². The van der Waals surface area contributed by atoms with Crippen LogP contribution in [0.25, 0.3) is 17.0 Å². The van der Waals surface area contributed by atoms with Crippen molar-refractivity contribution in [3.05, 3.63) is 70.3 Å². The van der Waals surface area contributed by atoms with Gasteiger partial charge in [-0.15, -0.1) is 0 Å². The van der Waals surface area contributed by atoms with Gasteiger partial charge in [-0.2, -0.15) is 0 Å². The number of benzene rings is 2. The zero-order chi connectivity index (χ0) is 22.3. The highest BCUT2D eigenvalue weighted by molar-refractivity contribution is 6.43. The summed E-state index contributed by atoms with van der Waals surface area (Å²) in [5.41, 5.74) is 3.11. The first-order valence-corrected chi connectivity index (χ1v) is 11.8. The first kappa shape index (κ1) is 22.7. The average Bonchev–Trinajstić information content (AvgIpc) is 3.23. The van der Waals surface area contributed by atoms with Crippen LogP contribution in [0.5, 0.6) is 0 Å². The van der Waals surface area contributed by atoms with E-state index in [-0.39, 0.29) is 5.91 Å². The molecule has 3 aromatic rings. The lowest BCUT2D eigenvalue weighted by atomic mass is 10.1. The summed E-state index contributed by atoms with van der Waals surface area (Å²) in [7, 11) is 0. The van der Waals surface area contributed by atoms with Crippen LogP contribution < -0.4 is 10.2 Å². The van der Waals surface area contributed by atoms with Gasteiger partial charge in [0.2, 0.25) is 5.91 Å². The van der Waals surface area contributed by atoms with Crippen LogP contribution in [0.2, 0.25) is 10.0 Å². The lowest BCUT2D eigenvalue weighted by Gasteiger charge is -2.36. The van der Waals surface area contributed by atoms with Crippen molar-refractivity contribution in [1.82, 2.24) is 15.2 Å². The Morgan fingerprint density at radius 1 is 1.03 bits per heavy atom. The molecule has 0 spiro atoms. The standard InChI is InChI=1S/C25H28Cl2N4O/c26-21-7-5-9-23(25(21)27)31-16-14-30(15-17-31)13-4-3-12-28-24(32)11-10-19-18-29-22-8-2-1-6-20(19)22/h1-2,5-11,18,29H,3-4,12-17H2,(H,28,32). The lowest BCUT2D eigenvalue weighted by Crippen LogP contribution is -2.46. The number of aromatic amines is 1. The van der Waals surface area contributed by atoms with Gasteiger partial charge in [-0.1, -0.05) is 47.5 Å². The zero-order valence-corrected chi connectivity index (χ0v) is 19.5. The number of anilines is 1. The number of piperazine rings is 1. The number of amides is 1. The Morgan fingerprint density at radius 2 is 1.84 bits per heavy atom. The molecule has 4 rings (SSSR count). The number of carbonyl (C=O) groups is 1. The molecule has 1 aliphatic heterocycles. The van der Waals surface area contributed by atoms with Crippen LogP contribution >= 0.6 is 23.2 Å². The number of H-pyrrole nitrogens is 1. The molecule has 2 N–H and O–H groups in total. The first-order valence-electron chi connectivity index (χ1n) is 11.0. The molecule has 2 heterocycles. The quantitative estimate of drug-likeness (QED) is 0.351. The maximum absolute atomic E-state index is 12.1. The Kier molecular flexibility index (Phi) is 7.74. The van der Waals surface area contributed by atoms with Crippen molar-refractivity contribution in [2.75, 3.05) is 44.2 Å². The smallest absolute Gasteiger partial charge is 0.244 e. The van der Waals surface area contributed by atoms with Gasteiger partial charge in [0.1, 0.15) is 0 Å². The second kappa shape index (κ2) is 10.9. The number of fused-ring (bicyclic) bond motifs is 1. The summed E-state index contributed by atoms with van der Waals surface area (Å²) >= 11 is 12.5. The molecule has 1 aromatic heterocycles. The molecule has 32 heavy (non-hydrogen) atoms. The summed E-state index contributed by atoms with van der Waals surface area (Å²) in [6, 6.07) is 13.9. The van der Waals surface area contributed by atoms with Crippen molar-refractivity contribution in [1.29, 1.82) is 0 Å². The van der Waals surface area contributed by atoms with Crippen LogP contribution in [-0.2, 0) is 4.79 Å². The molecule has 1 fully saturated rings. The van der Waals surface area contributed by atoms with E-state index >= 15 is 0 Å². The summed E-state index contributed by atoms with van der Waals surface area (Å²) in [5.74, 6) is -0.0534. The van der Waals surface area contributed by atoms with Gasteiger partial charge in [0.05, 0.1) is 15.7 Å². The van der Waals surface area contributed by atoms with Crippen molar-refractivity contribution in [3.8, 4) is 0 Å². The number of carbonyl (C=O) groups excluding carboxylic acids is 1. The van der Waals surface area contributed by atoms with Gasteiger partial charge in [0, 0.05) is 55.9 Å². The molecule has 0 bridgehead atoms. The summed E-state index contributed by atoms with van der Waals surface area (Å²) in [6.07, 6.45) is 7.42. The van der Waals surface area contributed by atoms with Crippen LogP contribution in [0.15, 0.2) is 54.7 Å². The average molecular weight is 471 g/mol. The fourth-order valence-corrected chi connectivity index (χ4v) is 4.49. The molecule has 0 unspecified atom stereocenters. The molecule has 0 atom stereocenters. The number of halogens is 2. The summed E-state index contributed by atoms with van der Waals surface area (Å²) < 4.78 is 0. The number of nitrogens with one attached hydrogen (secondary N) is 2. The van der Waals surface area contributed by atoms with Gasteiger partial charge in [-0.25, -0.2) is 0 Å². The van der Waals surface area contributed by atoms with E-state index in [2.05, 4.69) is 20.1 Å². The second-order valence-corrected chi connectivity index (χ2v) is 8.81. The Balaban J connectivity index is 1.13. The fourth-order valence-electron chi connectivity index (χ4n) is 4.08. The zero-order valence-electron chi connectivity index (χ0n) is 18.0. The molecule has 5 nitrogen and oxygen atoms in total. The van der Waals surface area contributed by atoms with Gasteiger partial charge in [0.25, 0.3) is 0 Å². The van der Waals surface area contributed by atoms with E-state index in [0.717, 1.165) is 67.7 Å². The monoisotopic (exact) mass is 470 g/mol. The molecule has 1 aliphatic rings. The Hall–Kier alpha value is -2.47. The van der Waals surface area contributed by atoms with Crippen LogP contribution in [0.1, 0.15) is 18.4 Å². The predicted octanol–water partition coefficient (Wildman–Crippen LogP) is 5.21. The summed E-state index contributed by atoms with van der Waals surface area (Å²) in [6.45, 7) is 5.61. The number of unbranched alkanes of at least 4 members (excludes halogenated alkanes) is 1. The number of hydrogen-bond acceptors (Lipinski definition) is 3. The first-order chi connectivity index (χ1) is 15.6. The summed E-state index contributed by atoms with van der Waals surface area (Å²) in [4.78, 5) is 20.1. The van der Waals surface area contributed by atoms with Crippen molar-refractivity contribution >= 4 is 51.8 Å². The van der Waals surface area contributed by atoms with Gasteiger partial charge in [-0.05, 0) is 49.2 Å². The minimum Gasteiger partial charge on any atom is -0.368 e. The Morgan fingerprint density at radius 3 is 2.69 bits per heavy atom. The molecule has 168 valence electrons. The summed E-state index contributed by atoms with van der Waals surface area (Å²) in [5, 5.41) is 5.34. The predicted molar refractivity (Wildman–Crippen MR) is 135 cm³/mol. The highest BCUT2D eigenvalue weighted by atomic mass is 35.5. The molecule has 0 aliphatic carbocycles. The molecular weight excluding hydrogens is 443 g/mol. The molecule has 0 radical (unpaired) electrons. The van der Waals surface area contributed by atoms with Crippen molar-refractivity contribution in [2.24, 2.45) is 0 Å². The molecule has 1 saturated heterocycles. The van der Waals surface area contributed by atoms with Crippen LogP contribution in [0.4, 0.5) is 5.69 Å². The maximum Gasteiger partial charge on any atom is 0.244 e. The maximum atomic E-state index is 12.1. The van der Waals surface area contributed by atoms with Gasteiger partial charge in [-0.3, -0.25) is 9.69 Å². The van der Waals surface area contributed by atoms with Gasteiger partial charge >= 0.3 is 0 Å². The van der Waals surface area contributed by atoms with Crippen LogP contribution in [0.3, 0.4) is 0 Å². The molecule has 1 amide bonds.